The van der Waals surface area contributed by atoms with Crippen molar-refractivity contribution in [3.63, 3.8) is 0 Å². The Morgan fingerprint density at radius 3 is 2.57 bits per heavy atom. The van der Waals surface area contributed by atoms with Crippen LogP contribution in [0.25, 0.3) is 0 Å². The first-order chi connectivity index (χ1) is 11.2. The fourth-order valence-corrected chi connectivity index (χ4v) is 3.87. The van der Waals surface area contributed by atoms with Gasteiger partial charge in [0.15, 0.2) is 0 Å². The van der Waals surface area contributed by atoms with Gasteiger partial charge in [0.2, 0.25) is 5.91 Å². The molecule has 3 rings (SSSR count). The van der Waals surface area contributed by atoms with Crippen LogP contribution in [0.1, 0.15) is 49.6 Å². The Morgan fingerprint density at radius 2 is 1.91 bits per heavy atom. The molecule has 0 bridgehead atoms. The number of nitrogens with zero attached hydrogens (tertiary/aromatic N) is 1. The SMILES string of the molecule is O=C(NCCNC(=O)C1CCCC1)N[C@H](c1nccs1)C1CC1. The Hall–Kier alpha value is -1.63. The number of rotatable bonds is 7. The van der Waals surface area contributed by atoms with Gasteiger partial charge in [-0.2, -0.15) is 0 Å². The van der Waals surface area contributed by atoms with Crippen molar-refractivity contribution in [3.8, 4) is 0 Å². The topological polar surface area (TPSA) is 83.1 Å². The van der Waals surface area contributed by atoms with Crippen LogP contribution in [0.3, 0.4) is 0 Å². The summed E-state index contributed by atoms with van der Waals surface area (Å²) in [5, 5.41) is 11.6. The van der Waals surface area contributed by atoms with Gasteiger partial charge in [-0.05, 0) is 31.6 Å². The average molecular weight is 336 g/mol. The van der Waals surface area contributed by atoms with Crippen molar-refractivity contribution < 1.29 is 9.59 Å². The number of carbonyl (C=O) groups is 2. The minimum absolute atomic E-state index is 0.0167. The van der Waals surface area contributed by atoms with E-state index >= 15 is 0 Å². The van der Waals surface area contributed by atoms with Crippen molar-refractivity contribution >= 4 is 23.3 Å². The summed E-state index contributed by atoms with van der Waals surface area (Å²) >= 11 is 1.58. The lowest BCUT2D eigenvalue weighted by Gasteiger charge is -2.16. The van der Waals surface area contributed by atoms with Crippen LogP contribution >= 0.6 is 11.3 Å². The third-order valence-electron chi connectivity index (χ3n) is 4.53. The highest BCUT2D eigenvalue weighted by Crippen LogP contribution is 2.41. The molecule has 2 saturated carbocycles. The van der Waals surface area contributed by atoms with E-state index in [0.717, 1.165) is 43.5 Å². The predicted molar refractivity (Wildman–Crippen MR) is 89.1 cm³/mol. The second kappa shape index (κ2) is 7.77. The lowest BCUT2D eigenvalue weighted by molar-refractivity contribution is -0.124. The number of amides is 3. The highest BCUT2D eigenvalue weighted by Gasteiger charge is 2.34. The summed E-state index contributed by atoms with van der Waals surface area (Å²) in [5.74, 6) is 0.810. The van der Waals surface area contributed by atoms with E-state index in [-0.39, 0.29) is 23.9 Å². The smallest absolute Gasteiger partial charge is 0.315 e. The molecule has 2 aliphatic carbocycles. The number of nitrogens with one attached hydrogen (secondary N) is 3. The van der Waals surface area contributed by atoms with Gasteiger partial charge in [0.05, 0.1) is 6.04 Å². The van der Waals surface area contributed by atoms with Crippen LogP contribution in [0.5, 0.6) is 0 Å². The molecule has 126 valence electrons. The van der Waals surface area contributed by atoms with Crippen molar-refractivity contribution in [2.45, 2.75) is 44.6 Å². The van der Waals surface area contributed by atoms with Crippen LogP contribution in [-0.4, -0.2) is 30.0 Å². The number of carbonyl (C=O) groups excluding carboxylic acids is 2. The molecule has 1 aromatic heterocycles. The van der Waals surface area contributed by atoms with Gasteiger partial charge in [-0.3, -0.25) is 4.79 Å². The lowest BCUT2D eigenvalue weighted by Crippen LogP contribution is -2.42. The Kier molecular flexibility index (Phi) is 5.48. The van der Waals surface area contributed by atoms with Gasteiger partial charge < -0.3 is 16.0 Å². The first-order valence-electron chi connectivity index (χ1n) is 8.45. The minimum Gasteiger partial charge on any atom is -0.354 e. The van der Waals surface area contributed by atoms with Gasteiger partial charge in [-0.15, -0.1) is 11.3 Å². The summed E-state index contributed by atoms with van der Waals surface area (Å²) in [5.41, 5.74) is 0. The number of hydrogen-bond donors (Lipinski definition) is 3. The number of aromatic nitrogens is 1. The molecular weight excluding hydrogens is 312 g/mol. The Balaban J connectivity index is 1.35. The molecule has 6 nitrogen and oxygen atoms in total. The van der Waals surface area contributed by atoms with Gasteiger partial charge in [-0.25, -0.2) is 9.78 Å². The molecule has 3 amide bonds. The maximum atomic E-state index is 12.0. The van der Waals surface area contributed by atoms with Crippen LogP contribution in [0, 0.1) is 11.8 Å². The van der Waals surface area contributed by atoms with Gasteiger partial charge in [0.25, 0.3) is 0 Å². The van der Waals surface area contributed by atoms with Gasteiger partial charge >= 0.3 is 6.03 Å². The van der Waals surface area contributed by atoms with E-state index in [9.17, 15) is 9.59 Å². The average Bonchev–Trinajstić information content (AvgIpc) is 3.04. The summed E-state index contributed by atoms with van der Waals surface area (Å²) in [4.78, 5) is 28.2. The van der Waals surface area contributed by atoms with Crippen molar-refractivity contribution in [1.82, 2.24) is 20.9 Å². The van der Waals surface area contributed by atoms with Crippen LogP contribution in [0.4, 0.5) is 4.79 Å². The predicted octanol–water partition coefficient (Wildman–Crippen LogP) is 2.20. The van der Waals surface area contributed by atoms with Gasteiger partial charge in [-0.1, -0.05) is 12.8 Å². The third kappa shape index (κ3) is 4.67. The molecule has 7 heteroatoms. The molecule has 1 atom stereocenters. The van der Waals surface area contributed by atoms with E-state index in [2.05, 4.69) is 20.9 Å². The second-order valence-corrected chi connectivity index (χ2v) is 7.28. The molecule has 1 heterocycles. The maximum Gasteiger partial charge on any atom is 0.315 e. The lowest BCUT2D eigenvalue weighted by atomic mass is 10.1. The summed E-state index contributed by atoms with van der Waals surface area (Å²) in [6.45, 7) is 0.924. The molecule has 1 aromatic rings. The van der Waals surface area contributed by atoms with Crippen molar-refractivity contribution in [1.29, 1.82) is 0 Å². The summed E-state index contributed by atoms with van der Waals surface area (Å²) < 4.78 is 0. The first kappa shape index (κ1) is 16.2. The zero-order valence-electron chi connectivity index (χ0n) is 13.2. The molecular formula is C16H24N4O2S. The van der Waals surface area contributed by atoms with Crippen molar-refractivity contribution in [2.24, 2.45) is 11.8 Å². The van der Waals surface area contributed by atoms with E-state index < -0.39 is 0 Å². The number of hydrogen-bond acceptors (Lipinski definition) is 4. The molecule has 23 heavy (non-hydrogen) atoms. The molecule has 0 spiro atoms. The molecule has 2 fully saturated rings. The summed E-state index contributed by atoms with van der Waals surface area (Å²) in [6, 6.07) is -0.171. The van der Waals surface area contributed by atoms with E-state index in [1.54, 1.807) is 17.5 Å². The standard InChI is InChI=1S/C16H24N4O2S/c21-14(12-3-1-2-4-12)17-7-8-19-16(22)20-13(11-5-6-11)15-18-9-10-23-15/h9-13H,1-8H2,(H,17,21)(H2,19,20,22)/t13-/m0/s1. The Bertz CT molecular complexity index is 524. The highest BCUT2D eigenvalue weighted by molar-refractivity contribution is 7.09. The first-order valence-corrected chi connectivity index (χ1v) is 9.33. The van der Waals surface area contributed by atoms with E-state index in [1.165, 1.54) is 0 Å². The maximum absolute atomic E-state index is 12.0. The zero-order valence-corrected chi connectivity index (χ0v) is 14.0. The van der Waals surface area contributed by atoms with E-state index in [4.69, 9.17) is 0 Å². The van der Waals surface area contributed by atoms with E-state index in [1.807, 2.05) is 5.38 Å². The molecule has 2 aliphatic rings. The fourth-order valence-electron chi connectivity index (χ4n) is 3.09. The third-order valence-corrected chi connectivity index (χ3v) is 5.39. The van der Waals surface area contributed by atoms with Gasteiger partial charge in [0.1, 0.15) is 5.01 Å². The normalized spacial score (nSPS) is 19.3. The fraction of sp³-hybridized carbons (Fsp3) is 0.688. The summed E-state index contributed by atoms with van der Waals surface area (Å²) in [7, 11) is 0. The largest absolute Gasteiger partial charge is 0.354 e. The Labute approximate surface area is 140 Å². The molecule has 0 aliphatic heterocycles. The number of thiazole rings is 1. The van der Waals surface area contributed by atoms with Gasteiger partial charge in [0, 0.05) is 30.6 Å². The summed E-state index contributed by atoms with van der Waals surface area (Å²) in [6.07, 6.45) is 8.35. The van der Waals surface area contributed by atoms with Crippen LogP contribution in [0.2, 0.25) is 0 Å². The van der Waals surface area contributed by atoms with E-state index in [0.29, 0.717) is 19.0 Å². The minimum atomic E-state index is -0.188. The van der Waals surface area contributed by atoms with Crippen LogP contribution in [-0.2, 0) is 4.79 Å². The van der Waals surface area contributed by atoms with Crippen molar-refractivity contribution in [3.05, 3.63) is 16.6 Å². The van der Waals surface area contributed by atoms with Crippen molar-refractivity contribution in [2.75, 3.05) is 13.1 Å². The van der Waals surface area contributed by atoms with Crippen LogP contribution in [0.15, 0.2) is 11.6 Å². The molecule has 0 aromatic carbocycles. The highest BCUT2D eigenvalue weighted by atomic mass is 32.1. The molecule has 3 N–H and O–H groups in total. The Morgan fingerprint density at radius 1 is 1.17 bits per heavy atom. The zero-order chi connectivity index (χ0) is 16.1. The monoisotopic (exact) mass is 336 g/mol. The van der Waals surface area contributed by atoms with Crippen LogP contribution < -0.4 is 16.0 Å². The number of urea groups is 1. The molecule has 0 unspecified atom stereocenters. The quantitative estimate of drug-likeness (QED) is 0.668. The molecule has 0 radical (unpaired) electrons. The molecule has 0 saturated heterocycles. The second-order valence-electron chi connectivity index (χ2n) is 6.36.